The van der Waals surface area contributed by atoms with Crippen LogP contribution < -0.4 is 0 Å². The highest BCUT2D eigenvalue weighted by Crippen LogP contribution is 2.76. The highest BCUT2D eigenvalue weighted by atomic mass is 16.8. The fraction of sp³-hybridized carbons (Fsp3) is 0.957. The maximum absolute atomic E-state index is 12.3. The first-order valence-corrected chi connectivity index (χ1v) is 23.8. The lowest BCUT2D eigenvalue weighted by molar-refractivity contribution is -0.395. The number of ether oxygens (including phenoxy) is 6. The van der Waals surface area contributed by atoms with Gasteiger partial charge in [-0.25, -0.2) is 0 Å². The molecule has 0 bridgehead atoms. The smallest absolute Gasteiger partial charge is 0.187 e. The molecule has 12 N–H and O–H groups in total. The lowest BCUT2D eigenvalue weighted by Gasteiger charge is -2.70. The summed E-state index contributed by atoms with van der Waals surface area (Å²) in [7, 11) is 0. The molecule has 7 aliphatic rings. The van der Waals surface area contributed by atoms with Crippen molar-refractivity contribution in [1.82, 2.24) is 0 Å². The molecule has 0 radical (unpaired) electrons. The minimum atomic E-state index is -1.84. The topological polar surface area (TPSA) is 298 Å². The van der Waals surface area contributed by atoms with E-state index in [4.69, 9.17) is 28.4 Å². The van der Waals surface area contributed by atoms with E-state index < -0.39 is 135 Å². The van der Waals surface area contributed by atoms with E-state index in [2.05, 4.69) is 34.6 Å². The van der Waals surface area contributed by atoms with Gasteiger partial charge in [0.2, 0.25) is 0 Å². The van der Waals surface area contributed by atoms with E-state index in [1.165, 1.54) is 0 Å². The Kier molecular flexibility index (Phi) is 14.9. The Labute approximate surface area is 382 Å². The van der Waals surface area contributed by atoms with Crippen LogP contribution in [0.15, 0.2) is 12.2 Å². The molecule has 18 heteroatoms. The molecule has 3 saturated heterocycles. The molecule has 7 fully saturated rings. The zero-order chi connectivity index (χ0) is 48.0. The molecular formula is C47H80O18. The van der Waals surface area contributed by atoms with E-state index in [9.17, 15) is 61.3 Å². The predicted octanol–water partition coefficient (Wildman–Crippen LogP) is -0.417. The Balaban J connectivity index is 1.12. The van der Waals surface area contributed by atoms with Crippen LogP contribution in [0.3, 0.4) is 0 Å². The number of fused-ring (bicyclic) bond motifs is 5. The predicted molar refractivity (Wildman–Crippen MR) is 229 cm³/mol. The van der Waals surface area contributed by atoms with Crippen molar-refractivity contribution in [2.24, 2.45) is 45.3 Å². The third-order valence-electron chi connectivity index (χ3n) is 18.2. The van der Waals surface area contributed by atoms with E-state index in [0.717, 1.165) is 32.1 Å². The molecule has 65 heavy (non-hydrogen) atoms. The van der Waals surface area contributed by atoms with Gasteiger partial charge in [0, 0.05) is 0 Å². The summed E-state index contributed by atoms with van der Waals surface area (Å²) in [6.45, 7) is 14.7. The molecule has 3 aliphatic heterocycles. The van der Waals surface area contributed by atoms with Gasteiger partial charge in [-0.2, -0.15) is 0 Å². The van der Waals surface area contributed by atoms with Crippen molar-refractivity contribution in [3.05, 3.63) is 12.2 Å². The molecule has 376 valence electrons. The first-order chi connectivity index (χ1) is 30.2. The largest absolute Gasteiger partial charge is 0.394 e. The van der Waals surface area contributed by atoms with Crippen LogP contribution in [0.4, 0.5) is 0 Å². The molecule has 0 amide bonds. The van der Waals surface area contributed by atoms with Gasteiger partial charge in [-0.3, -0.25) is 0 Å². The lowest BCUT2D eigenvalue weighted by atomic mass is 9.35. The van der Waals surface area contributed by atoms with E-state index in [1.54, 1.807) is 19.9 Å². The van der Waals surface area contributed by atoms with E-state index in [1.807, 2.05) is 13.0 Å². The van der Waals surface area contributed by atoms with Gasteiger partial charge in [0.15, 0.2) is 18.9 Å². The van der Waals surface area contributed by atoms with E-state index in [-0.39, 0.29) is 39.9 Å². The van der Waals surface area contributed by atoms with Crippen LogP contribution >= 0.6 is 0 Å². The second kappa shape index (κ2) is 18.6. The van der Waals surface area contributed by atoms with Gasteiger partial charge in [0.05, 0.1) is 43.2 Å². The van der Waals surface area contributed by atoms with Crippen LogP contribution in [-0.2, 0) is 28.4 Å². The second-order valence-electron chi connectivity index (χ2n) is 22.9. The molecule has 18 nitrogen and oxygen atoms in total. The number of hydrogen-bond acceptors (Lipinski definition) is 18. The number of hydrogen-bond donors (Lipinski definition) is 12. The zero-order valence-corrected chi connectivity index (χ0v) is 39.3. The molecular weight excluding hydrogens is 852 g/mol. The van der Waals surface area contributed by atoms with Crippen LogP contribution in [0.25, 0.3) is 0 Å². The maximum Gasteiger partial charge on any atom is 0.187 e. The van der Waals surface area contributed by atoms with Gasteiger partial charge in [0.1, 0.15) is 67.1 Å². The Morgan fingerprint density at radius 2 is 1.17 bits per heavy atom. The summed E-state index contributed by atoms with van der Waals surface area (Å²) >= 11 is 0. The molecule has 0 aromatic heterocycles. The summed E-state index contributed by atoms with van der Waals surface area (Å²) < 4.78 is 36.4. The van der Waals surface area contributed by atoms with Gasteiger partial charge in [0.25, 0.3) is 0 Å². The van der Waals surface area contributed by atoms with Gasteiger partial charge in [-0.15, -0.1) is 0 Å². The highest BCUT2D eigenvalue weighted by Gasteiger charge is 2.71. The van der Waals surface area contributed by atoms with Crippen molar-refractivity contribution < 1.29 is 89.7 Å². The first-order valence-electron chi connectivity index (χ1n) is 23.8. The zero-order valence-electron chi connectivity index (χ0n) is 39.3. The molecule has 0 unspecified atom stereocenters. The molecule has 4 aliphatic carbocycles. The fourth-order valence-electron chi connectivity index (χ4n) is 14.4. The van der Waals surface area contributed by atoms with Crippen LogP contribution in [0.2, 0.25) is 0 Å². The summed E-state index contributed by atoms with van der Waals surface area (Å²) in [5.41, 5.74) is -3.26. The lowest BCUT2D eigenvalue weighted by Crippen LogP contribution is -2.68. The molecule has 24 atom stereocenters. The fourth-order valence-corrected chi connectivity index (χ4v) is 14.4. The third kappa shape index (κ3) is 9.05. The average molecular weight is 933 g/mol. The standard InChI is InChI=1S/C47H80O18/c1-42(2,58)13-9-14-47(8,59)22-10-16-46(7)30(22)23(50)18-28-44(5)15-12-29(43(3,4)27(44)11-17-45(28,46)6)63-40-37(34(55)32(53)25(19-48)61-40)65-41-38(35(56)33(54)26(20-49)62-41)64-39-36(57)31(52)24(51)21-60-39/h9,13,22-41,48-59H,10-12,14-21H2,1-8H3/b13-9+/t22-,23+,24+,25+,26+,27-,28+,29-,30-,31-,32+,33+,34-,35-,36+,37+,38+,39-,40-,41-,44-,45+,46+,47-/m0/s1. The Bertz CT molecular complexity index is 1660. The Morgan fingerprint density at radius 1 is 0.615 bits per heavy atom. The third-order valence-corrected chi connectivity index (χ3v) is 18.2. The monoisotopic (exact) mass is 933 g/mol. The van der Waals surface area contributed by atoms with Crippen LogP contribution in [0, 0.1) is 45.3 Å². The van der Waals surface area contributed by atoms with Gasteiger partial charge in [-0.05, 0) is 117 Å². The average Bonchev–Trinajstić information content (AvgIpc) is 3.62. The summed E-state index contributed by atoms with van der Waals surface area (Å²) in [5.74, 6) is -0.00760. The SMILES string of the molecule is CC(C)(O)/C=C/C[C@](C)(O)[C@H]1CC[C@]2(C)[C@@H]1[C@H](O)C[C@@H]1[C@@]3(C)CC[C@H](O[C@@H]4O[C@H](CO)[C@@H](O)[C@H](O)[C@H]4O[C@@H]4O[C@H](CO)[C@@H](O)[C@H](O)[C@H]4O[C@@H]4OC[C@@H](O)[C@H](O)[C@H]4O)C(C)(C)[C@@H]3CC[C@]12C. The number of aliphatic hydroxyl groups excluding tert-OH is 10. The molecule has 7 rings (SSSR count). The second-order valence-corrected chi connectivity index (χ2v) is 22.9. The summed E-state index contributed by atoms with van der Waals surface area (Å²) in [6, 6.07) is 0. The normalized spacial score (nSPS) is 52.4. The number of rotatable bonds is 12. The summed E-state index contributed by atoms with van der Waals surface area (Å²) in [5, 5.41) is 131. The maximum atomic E-state index is 12.3. The minimum absolute atomic E-state index is 0.0933. The quantitative estimate of drug-likeness (QED) is 0.0874. The van der Waals surface area contributed by atoms with Crippen molar-refractivity contribution in [3.63, 3.8) is 0 Å². The van der Waals surface area contributed by atoms with Crippen molar-refractivity contribution in [2.75, 3.05) is 19.8 Å². The molecule has 0 aromatic rings. The molecule has 0 aromatic carbocycles. The van der Waals surface area contributed by atoms with E-state index in [0.29, 0.717) is 19.3 Å². The molecule has 3 heterocycles. The summed E-state index contributed by atoms with van der Waals surface area (Å²) in [4.78, 5) is 0. The van der Waals surface area contributed by atoms with Crippen molar-refractivity contribution in [2.45, 2.75) is 216 Å². The highest BCUT2D eigenvalue weighted by molar-refractivity contribution is 5.20. The van der Waals surface area contributed by atoms with Crippen LogP contribution in [0.1, 0.15) is 107 Å². The minimum Gasteiger partial charge on any atom is -0.394 e. The van der Waals surface area contributed by atoms with Gasteiger partial charge < -0.3 is 89.7 Å². The van der Waals surface area contributed by atoms with Crippen LogP contribution in [0.5, 0.6) is 0 Å². The molecule has 0 spiro atoms. The Hall–Kier alpha value is -0.980. The van der Waals surface area contributed by atoms with Gasteiger partial charge >= 0.3 is 0 Å². The summed E-state index contributed by atoms with van der Waals surface area (Å²) in [6.07, 6.45) is -14.7. The first kappa shape index (κ1) is 51.9. The van der Waals surface area contributed by atoms with Crippen molar-refractivity contribution >= 4 is 0 Å². The number of aliphatic hydroxyl groups is 12. The van der Waals surface area contributed by atoms with Crippen LogP contribution in [-0.4, -0.2) is 191 Å². The van der Waals surface area contributed by atoms with Gasteiger partial charge in [-0.1, -0.05) is 46.8 Å². The Morgan fingerprint density at radius 3 is 1.74 bits per heavy atom. The van der Waals surface area contributed by atoms with Crippen molar-refractivity contribution in [3.8, 4) is 0 Å². The molecule has 4 saturated carbocycles. The van der Waals surface area contributed by atoms with E-state index >= 15 is 0 Å². The van der Waals surface area contributed by atoms with Crippen molar-refractivity contribution in [1.29, 1.82) is 0 Å².